The van der Waals surface area contributed by atoms with Gasteiger partial charge in [-0.2, -0.15) is 0 Å². The fraction of sp³-hybridized carbons (Fsp3) is 0.562. The number of hydrogen-bond donors (Lipinski definition) is 0. The van der Waals surface area contributed by atoms with Crippen LogP contribution in [0.3, 0.4) is 0 Å². The number of fused-ring (bicyclic) bond motifs is 1. The van der Waals surface area contributed by atoms with Gasteiger partial charge in [0, 0.05) is 31.7 Å². The Bertz CT molecular complexity index is 531. The number of aryl methyl sites for hydroxylation is 1. The normalized spacial score (nSPS) is 27.6. The molecule has 1 saturated heterocycles. The number of carbonyl (C=O) groups excluding carboxylic acids is 1. The predicted molar refractivity (Wildman–Crippen MR) is 80.3 cm³/mol. The van der Waals surface area contributed by atoms with Crippen molar-refractivity contribution in [3.63, 3.8) is 0 Å². The maximum Gasteiger partial charge on any atom is 0.227 e. The number of nitrogens with zero attached hydrogens (tertiary/aromatic N) is 1. The van der Waals surface area contributed by atoms with Crippen molar-refractivity contribution in [3.05, 3.63) is 29.3 Å². The molecule has 0 saturated carbocycles. The molecular weight excluding hydrogens is 274 g/mol. The molecule has 1 aromatic carbocycles. The maximum absolute atomic E-state index is 11.7. The van der Waals surface area contributed by atoms with Gasteiger partial charge >= 0.3 is 0 Å². The lowest BCUT2D eigenvalue weighted by molar-refractivity contribution is -0.118. The van der Waals surface area contributed by atoms with Crippen LogP contribution in [0, 0.1) is 5.92 Å². The Morgan fingerprint density at radius 2 is 2.20 bits per heavy atom. The summed E-state index contributed by atoms with van der Waals surface area (Å²) in [5.41, 5.74) is 3.39. The molecule has 1 aromatic rings. The van der Waals surface area contributed by atoms with Crippen LogP contribution >= 0.6 is 11.6 Å². The first kappa shape index (κ1) is 13.9. The molecule has 3 unspecified atom stereocenters. The van der Waals surface area contributed by atoms with Crippen molar-refractivity contribution in [2.75, 3.05) is 18.6 Å². The highest BCUT2D eigenvalue weighted by Gasteiger charge is 2.32. The minimum atomic E-state index is -0.0132. The van der Waals surface area contributed by atoms with Crippen LogP contribution in [0.1, 0.15) is 36.3 Å². The molecule has 1 amide bonds. The highest BCUT2D eigenvalue weighted by Crippen LogP contribution is 2.40. The molecule has 0 spiro atoms. The third-order valence-electron chi connectivity index (χ3n) is 4.58. The predicted octanol–water partition coefficient (Wildman–Crippen LogP) is 3.30. The summed E-state index contributed by atoms with van der Waals surface area (Å²) in [4.78, 5) is 13.5. The number of amides is 1. The first-order chi connectivity index (χ1) is 9.58. The fourth-order valence-corrected chi connectivity index (χ4v) is 3.69. The lowest BCUT2D eigenvalue weighted by Crippen LogP contribution is -2.31. The van der Waals surface area contributed by atoms with Crippen LogP contribution in [0.25, 0.3) is 0 Å². The van der Waals surface area contributed by atoms with E-state index < -0.39 is 0 Å². The first-order valence-electron chi connectivity index (χ1n) is 7.23. The van der Waals surface area contributed by atoms with Gasteiger partial charge in [0.15, 0.2) is 0 Å². The Balaban J connectivity index is 1.87. The van der Waals surface area contributed by atoms with Crippen LogP contribution in [0.5, 0.6) is 0 Å². The molecule has 20 heavy (non-hydrogen) atoms. The summed E-state index contributed by atoms with van der Waals surface area (Å²) in [6.45, 7) is 2.90. The van der Waals surface area contributed by atoms with E-state index in [1.807, 2.05) is 13.1 Å². The molecule has 2 heterocycles. The van der Waals surface area contributed by atoms with Gasteiger partial charge in [0.1, 0.15) is 0 Å². The quantitative estimate of drug-likeness (QED) is 0.783. The zero-order valence-corrected chi connectivity index (χ0v) is 12.7. The first-order valence-corrected chi connectivity index (χ1v) is 7.66. The Morgan fingerprint density at radius 3 is 2.90 bits per heavy atom. The Labute approximate surface area is 124 Å². The molecule has 4 heteroatoms. The van der Waals surface area contributed by atoms with E-state index in [0.717, 1.165) is 30.7 Å². The summed E-state index contributed by atoms with van der Waals surface area (Å²) in [6.07, 6.45) is 2.64. The minimum Gasteiger partial charge on any atom is -0.378 e. The second-order valence-electron chi connectivity index (χ2n) is 5.77. The SMILES string of the molecule is CC1OCCC1C(Cl)c1ccc2c(c1)CCC(=O)N2C. The molecule has 108 valence electrons. The van der Waals surface area contributed by atoms with Crippen molar-refractivity contribution >= 4 is 23.2 Å². The Hall–Kier alpha value is -1.06. The monoisotopic (exact) mass is 293 g/mol. The van der Waals surface area contributed by atoms with Crippen molar-refractivity contribution in [3.8, 4) is 0 Å². The van der Waals surface area contributed by atoms with E-state index in [2.05, 4.69) is 19.1 Å². The Morgan fingerprint density at radius 1 is 1.40 bits per heavy atom. The average Bonchev–Trinajstić information content (AvgIpc) is 2.88. The molecule has 2 aliphatic heterocycles. The number of carbonyl (C=O) groups is 1. The molecule has 3 nitrogen and oxygen atoms in total. The summed E-state index contributed by atoms with van der Waals surface area (Å²) in [5.74, 6) is 0.558. The van der Waals surface area contributed by atoms with Gasteiger partial charge in [0.05, 0.1) is 11.5 Å². The van der Waals surface area contributed by atoms with Crippen LogP contribution < -0.4 is 4.90 Å². The second kappa shape index (κ2) is 5.38. The lowest BCUT2D eigenvalue weighted by Gasteiger charge is -2.27. The van der Waals surface area contributed by atoms with Gasteiger partial charge in [0.2, 0.25) is 5.91 Å². The summed E-state index contributed by atoms with van der Waals surface area (Å²) in [7, 11) is 1.84. The number of benzene rings is 1. The van der Waals surface area contributed by atoms with Gasteiger partial charge in [-0.25, -0.2) is 0 Å². The van der Waals surface area contributed by atoms with Crippen molar-refractivity contribution < 1.29 is 9.53 Å². The third kappa shape index (κ3) is 2.33. The standard InChI is InChI=1S/C16H20ClNO2/c1-10-13(7-8-20-10)16(17)12-3-5-14-11(9-12)4-6-15(19)18(14)2/h3,5,9-10,13,16H,4,6-8H2,1-2H3. The van der Waals surface area contributed by atoms with Crippen molar-refractivity contribution in [1.29, 1.82) is 0 Å². The maximum atomic E-state index is 11.7. The molecule has 0 radical (unpaired) electrons. The molecular formula is C16H20ClNO2. The van der Waals surface area contributed by atoms with E-state index in [4.69, 9.17) is 16.3 Å². The van der Waals surface area contributed by atoms with Crippen molar-refractivity contribution in [1.82, 2.24) is 0 Å². The van der Waals surface area contributed by atoms with Gasteiger partial charge in [0.25, 0.3) is 0 Å². The molecule has 3 atom stereocenters. The third-order valence-corrected chi connectivity index (χ3v) is 5.15. The van der Waals surface area contributed by atoms with Crippen LogP contribution in [0.4, 0.5) is 5.69 Å². The zero-order chi connectivity index (χ0) is 14.3. The highest BCUT2D eigenvalue weighted by atomic mass is 35.5. The lowest BCUT2D eigenvalue weighted by atomic mass is 9.90. The molecule has 0 N–H and O–H groups in total. The number of rotatable bonds is 2. The molecule has 1 fully saturated rings. The van der Waals surface area contributed by atoms with Gasteiger partial charge in [-0.15, -0.1) is 11.6 Å². The number of hydrogen-bond acceptors (Lipinski definition) is 2. The molecule has 0 aromatic heterocycles. The number of alkyl halides is 1. The van der Waals surface area contributed by atoms with Crippen LogP contribution in [0.2, 0.25) is 0 Å². The number of ether oxygens (including phenoxy) is 1. The van der Waals surface area contributed by atoms with Gasteiger partial charge in [-0.1, -0.05) is 12.1 Å². The second-order valence-corrected chi connectivity index (χ2v) is 6.24. The van der Waals surface area contributed by atoms with Crippen molar-refractivity contribution in [2.45, 2.75) is 37.7 Å². The van der Waals surface area contributed by atoms with Crippen molar-refractivity contribution in [2.24, 2.45) is 5.92 Å². The zero-order valence-electron chi connectivity index (χ0n) is 11.9. The van der Waals surface area contributed by atoms with Gasteiger partial charge in [-0.3, -0.25) is 4.79 Å². The van der Waals surface area contributed by atoms with E-state index in [9.17, 15) is 4.79 Å². The van der Waals surface area contributed by atoms with E-state index in [0.29, 0.717) is 12.3 Å². The van der Waals surface area contributed by atoms with Crippen LogP contribution in [-0.4, -0.2) is 25.7 Å². The van der Waals surface area contributed by atoms with E-state index >= 15 is 0 Å². The Kier molecular flexibility index (Phi) is 3.74. The van der Waals surface area contributed by atoms with Gasteiger partial charge < -0.3 is 9.64 Å². The summed E-state index contributed by atoms with van der Waals surface area (Å²) in [6, 6.07) is 6.25. The van der Waals surface area contributed by atoms with E-state index in [-0.39, 0.29) is 17.4 Å². The average molecular weight is 294 g/mol. The smallest absolute Gasteiger partial charge is 0.227 e. The summed E-state index contributed by atoms with van der Waals surface area (Å²) >= 11 is 6.65. The largest absolute Gasteiger partial charge is 0.378 e. The molecule has 0 aliphatic carbocycles. The molecule has 2 aliphatic rings. The molecule has 0 bridgehead atoms. The number of halogens is 1. The van der Waals surface area contributed by atoms with Gasteiger partial charge in [-0.05, 0) is 37.0 Å². The van der Waals surface area contributed by atoms with Crippen LogP contribution in [-0.2, 0) is 16.0 Å². The minimum absolute atomic E-state index is 0.0132. The number of anilines is 1. The van der Waals surface area contributed by atoms with Crippen LogP contribution in [0.15, 0.2) is 18.2 Å². The highest BCUT2D eigenvalue weighted by molar-refractivity contribution is 6.21. The fourth-order valence-electron chi connectivity index (χ4n) is 3.23. The summed E-state index contributed by atoms with van der Waals surface area (Å²) in [5, 5.41) is -0.0132. The van der Waals surface area contributed by atoms with E-state index in [1.165, 1.54) is 5.56 Å². The summed E-state index contributed by atoms with van der Waals surface area (Å²) < 4.78 is 5.61. The topological polar surface area (TPSA) is 29.5 Å². The molecule has 3 rings (SSSR count). The van der Waals surface area contributed by atoms with E-state index in [1.54, 1.807) is 4.90 Å².